The molecule has 0 aromatic heterocycles. The Morgan fingerprint density at radius 1 is 0.558 bits per heavy atom. The van der Waals surface area contributed by atoms with E-state index in [0.717, 1.165) is 22.3 Å². The number of hydrogen-bond donors (Lipinski definition) is 1. The maximum absolute atomic E-state index is 12.8. The van der Waals surface area contributed by atoms with E-state index in [1.807, 2.05) is 121 Å². The fraction of sp³-hybridized carbons (Fsp3) is 0.306. The van der Waals surface area contributed by atoms with E-state index in [2.05, 4.69) is 0 Å². The van der Waals surface area contributed by atoms with E-state index < -0.39 is 36.7 Å². The summed E-state index contributed by atoms with van der Waals surface area (Å²) in [5.41, 5.74) is 3.86. The summed E-state index contributed by atoms with van der Waals surface area (Å²) in [6.45, 7) is 1.10. The number of rotatable bonds is 13. The van der Waals surface area contributed by atoms with Gasteiger partial charge in [0.05, 0.1) is 32.5 Å². The van der Waals surface area contributed by atoms with Crippen molar-refractivity contribution in [3.05, 3.63) is 144 Å². The van der Waals surface area contributed by atoms with Crippen LogP contribution in [0.15, 0.2) is 121 Å². The topological polar surface area (TPSA) is 83.5 Å². The van der Waals surface area contributed by atoms with Crippen molar-refractivity contribution in [1.29, 1.82) is 0 Å². The zero-order valence-electron chi connectivity index (χ0n) is 24.1. The second kappa shape index (κ2) is 16.1. The quantitative estimate of drug-likeness (QED) is 0.191. The summed E-state index contributed by atoms with van der Waals surface area (Å²) in [6, 6.07) is 39.0. The van der Waals surface area contributed by atoms with Crippen molar-refractivity contribution in [2.45, 2.75) is 70.0 Å². The lowest BCUT2D eigenvalue weighted by atomic mass is 9.98. The van der Waals surface area contributed by atoms with Gasteiger partial charge < -0.3 is 28.8 Å². The smallest absolute Gasteiger partial charge is 0.335 e. The molecule has 0 amide bonds. The Labute approximate surface area is 252 Å². The normalized spacial score (nSPS) is 22.4. The molecule has 1 heterocycles. The van der Waals surface area contributed by atoms with E-state index in [-0.39, 0.29) is 13.2 Å². The van der Waals surface area contributed by atoms with E-state index in [0.29, 0.717) is 26.1 Å². The number of carboxylic acids is 1. The lowest BCUT2D eigenvalue weighted by molar-refractivity contribution is -0.272. The second-order valence-corrected chi connectivity index (χ2v) is 10.6. The molecule has 1 aliphatic heterocycles. The van der Waals surface area contributed by atoms with Crippen LogP contribution in [0.4, 0.5) is 0 Å². The summed E-state index contributed by atoms with van der Waals surface area (Å²) >= 11 is 0. The van der Waals surface area contributed by atoms with Gasteiger partial charge in [0.15, 0.2) is 12.4 Å². The van der Waals surface area contributed by atoms with Crippen molar-refractivity contribution < 1.29 is 33.6 Å². The summed E-state index contributed by atoms with van der Waals surface area (Å²) in [4.78, 5) is 12.8. The number of benzene rings is 4. The molecule has 4 aromatic carbocycles. The molecule has 4 aromatic rings. The van der Waals surface area contributed by atoms with Gasteiger partial charge in [-0.05, 0) is 35.1 Å². The summed E-state index contributed by atoms with van der Waals surface area (Å²) in [6.07, 6.45) is -3.28. The molecular formula is C36H38O7. The first-order valence-electron chi connectivity index (χ1n) is 14.7. The van der Waals surface area contributed by atoms with Crippen LogP contribution in [0, 0.1) is 0 Å². The molecule has 5 atom stereocenters. The van der Waals surface area contributed by atoms with Crippen LogP contribution in [0.5, 0.6) is 0 Å². The molecule has 0 saturated carbocycles. The van der Waals surface area contributed by atoms with Gasteiger partial charge in [0.25, 0.3) is 0 Å². The van der Waals surface area contributed by atoms with Gasteiger partial charge in [-0.2, -0.15) is 0 Å². The summed E-state index contributed by atoms with van der Waals surface area (Å²) < 4.78 is 31.7. The van der Waals surface area contributed by atoms with Gasteiger partial charge in [0.1, 0.15) is 12.2 Å². The largest absolute Gasteiger partial charge is 0.479 e. The Bertz CT molecular complexity index is 1310. The van der Waals surface area contributed by atoms with E-state index in [1.165, 1.54) is 0 Å². The van der Waals surface area contributed by atoms with Crippen molar-refractivity contribution in [2.24, 2.45) is 0 Å². The third kappa shape index (κ3) is 9.32. The average Bonchev–Trinajstić information content (AvgIpc) is 3.05. The third-order valence-corrected chi connectivity index (χ3v) is 7.38. The Hall–Kier alpha value is -3.85. The van der Waals surface area contributed by atoms with Crippen LogP contribution in [0.2, 0.25) is 0 Å². The molecule has 0 bridgehead atoms. The van der Waals surface area contributed by atoms with Crippen LogP contribution in [-0.2, 0) is 54.9 Å². The zero-order valence-corrected chi connectivity index (χ0v) is 24.1. The Kier molecular flexibility index (Phi) is 11.5. The molecule has 224 valence electrons. The number of hydrogen-bond acceptors (Lipinski definition) is 6. The maximum atomic E-state index is 12.8. The molecule has 1 N–H and O–H groups in total. The Morgan fingerprint density at radius 2 is 0.930 bits per heavy atom. The zero-order chi connectivity index (χ0) is 29.7. The molecule has 1 fully saturated rings. The first-order chi connectivity index (χ1) is 21.2. The highest BCUT2D eigenvalue weighted by Gasteiger charge is 2.43. The minimum absolute atomic E-state index is 0.216. The number of ether oxygens (including phenoxy) is 5. The van der Waals surface area contributed by atoms with E-state index in [9.17, 15) is 9.90 Å². The first kappa shape index (κ1) is 30.6. The first-order valence-corrected chi connectivity index (χ1v) is 14.7. The minimum atomic E-state index is -1.35. The standard InChI is InChI=1S/C36H38O7/c37-35(38)34-33(41-25-29-17-9-3-10-18-29)31(39-23-27-13-5-1-6-14-27)21-22-32(40-24-28-15-7-2-8-16-28)36(43-34)42-26-30-19-11-4-12-20-30/h1-20,31-34,36H,21-26H2,(H,37,38). The fourth-order valence-electron chi connectivity index (χ4n) is 5.09. The lowest BCUT2D eigenvalue weighted by Crippen LogP contribution is -2.53. The van der Waals surface area contributed by atoms with Crippen molar-refractivity contribution in [3.8, 4) is 0 Å². The summed E-state index contributed by atoms with van der Waals surface area (Å²) in [5, 5.41) is 10.5. The predicted molar refractivity (Wildman–Crippen MR) is 162 cm³/mol. The van der Waals surface area contributed by atoms with E-state index in [1.54, 1.807) is 0 Å². The Morgan fingerprint density at radius 3 is 1.37 bits per heavy atom. The number of carbonyl (C=O) groups is 1. The fourth-order valence-corrected chi connectivity index (χ4v) is 5.09. The molecule has 0 aliphatic carbocycles. The number of carboxylic acid groups (broad SMARTS) is 1. The van der Waals surface area contributed by atoms with Gasteiger partial charge in [0.2, 0.25) is 0 Å². The molecule has 5 rings (SSSR count). The Balaban J connectivity index is 1.40. The van der Waals surface area contributed by atoms with Crippen LogP contribution in [0.25, 0.3) is 0 Å². The van der Waals surface area contributed by atoms with Crippen LogP contribution < -0.4 is 0 Å². The molecule has 43 heavy (non-hydrogen) atoms. The van der Waals surface area contributed by atoms with Crippen molar-refractivity contribution >= 4 is 5.97 Å². The molecule has 5 unspecified atom stereocenters. The van der Waals surface area contributed by atoms with Crippen molar-refractivity contribution in [3.63, 3.8) is 0 Å². The van der Waals surface area contributed by atoms with Gasteiger partial charge in [-0.15, -0.1) is 0 Å². The highest BCUT2D eigenvalue weighted by atomic mass is 16.7. The predicted octanol–water partition coefficient (Wildman–Crippen LogP) is 6.55. The van der Waals surface area contributed by atoms with Crippen LogP contribution >= 0.6 is 0 Å². The molecular weight excluding hydrogens is 544 g/mol. The van der Waals surface area contributed by atoms with E-state index in [4.69, 9.17) is 23.7 Å². The maximum Gasteiger partial charge on any atom is 0.335 e. The molecule has 0 radical (unpaired) electrons. The van der Waals surface area contributed by atoms with Gasteiger partial charge in [-0.1, -0.05) is 121 Å². The van der Waals surface area contributed by atoms with Crippen LogP contribution in [-0.4, -0.2) is 41.8 Å². The van der Waals surface area contributed by atoms with Crippen molar-refractivity contribution in [2.75, 3.05) is 0 Å². The van der Waals surface area contributed by atoms with Gasteiger partial charge >= 0.3 is 5.97 Å². The molecule has 1 saturated heterocycles. The number of aliphatic carboxylic acids is 1. The van der Waals surface area contributed by atoms with Gasteiger partial charge in [-0.25, -0.2) is 4.79 Å². The molecule has 7 heteroatoms. The van der Waals surface area contributed by atoms with Gasteiger partial charge in [0, 0.05) is 0 Å². The monoisotopic (exact) mass is 582 g/mol. The van der Waals surface area contributed by atoms with Crippen molar-refractivity contribution in [1.82, 2.24) is 0 Å². The van der Waals surface area contributed by atoms with Crippen LogP contribution in [0.1, 0.15) is 35.1 Å². The van der Waals surface area contributed by atoms with Gasteiger partial charge in [-0.3, -0.25) is 0 Å². The lowest BCUT2D eigenvalue weighted by Gasteiger charge is -2.39. The SMILES string of the molecule is O=C(O)C1OC(OCc2ccccc2)C(OCc2ccccc2)CCC(OCc2ccccc2)C1OCc1ccccc1. The molecule has 1 aliphatic rings. The highest BCUT2D eigenvalue weighted by molar-refractivity contribution is 5.73. The average molecular weight is 583 g/mol. The van der Waals surface area contributed by atoms with Crippen LogP contribution in [0.3, 0.4) is 0 Å². The molecule has 0 spiro atoms. The summed E-state index contributed by atoms with van der Waals surface area (Å²) in [7, 11) is 0. The summed E-state index contributed by atoms with van der Waals surface area (Å²) in [5.74, 6) is -1.15. The minimum Gasteiger partial charge on any atom is -0.479 e. The van der Waals surface area contributed by atoms with E-state index >= 15 is 0 Å². The molecule has 7 nitrogen and oxygen atoms in total. The second-order valence-electron chi connectivity index (χ2n) is 10.6. The highest BCUT2D eigenvalue weighted by Crippen LogP contribution is 2.29. The third-order valence-electron chi connectivity index (χ3n) is 7.38.